The van der Waals surface area contributed by atoms with Crippen LogP contribution in [0, 0.1) is 17.7 Å². The van der Waals surface area contributed by atoms with E-state index >= 15 is 0 Å². The van der Waals surface area contributed by atoms with Crippen LogP contribution < -0.4 is 5.32 Å². The van der Waals surface area contributed by atoms with Crippen molar-refractivity contribution in [2.24, 2.45) is 11.8 Å². The molecule has 1 aliphatic rings. The molecule has 0 radical (unpaired) electrons. The molecule has 0 heterocycles. The third kappa shape index (κ3) is 4.28. The molecule has 0 aromatic heterocycles. The number of carboxylic acid groups (broad SMARTS) is 1. The molecule has 1 aromatic rings. The number of carbonyl (C=O) groups is 2. The quantitative estimate of drug-likeness (QED) is 0.876. The summed E-state index contributed by atoms with van der Waals surface area (Å²) in [7, 11) is 0. The van der Waals surface area contributed by atoms with Crippen LogP contribution in [0.15, 0.2) is 24.3 Å². The van der Waals surface area contributed by atoms with Crippen molar-refractivity contribution in [3.05, 3.63) is 35.6 Å². The molecular weight excluding hydrogens is 273 g/mol. The maximum absolute atomic E-state index is 13.4. The lowest BCUT2D eigenvalue weighted by molar-refractivity contribution is -0.144. The van der Waals surface area contributed by atoms with E-state index in [-0.39, 0.29) is 17.6 Å². The lowest BCUT2D eigenvalue weighted by Crippen LogP contribution is -2.36. The number of benzene rings is 1. The summed E-state index contributed by atoms with van der Waals surface area (Å²) < 4.78 is 13.4. The first kappa shape index (κ1) is 15.5. The molecule has 21 heavy (non-hydrogen) atoms. The van der Waals surface area contributed by atoms with Crippen LogP contribution in [0.25, 0.3) is 0 Å². The first-order chi connectivity index (χ1) is 10.1. The summed E-state index contributed by atoms with van der Waals surface area (Å²) in [4.78, 5) is 23.0. The van der Waals surface area contributed by atoms with Crippen molar-refractivity contribution in [3.63, 3.8) is 0 Å². The van der Waals surface area contributed by atoms with Gasteiger partial charge < -0.3 is 10.4 Å². The number of carbonyl (C=O) groups excluding carboxylic acids is 1. The third-order valence-electron chi connectivity index (χ3n) is 4.05. The molecule has 1 fully saturated rings. The average molecular weight is 293 g/mol. The molecule has 2 rings (SSSR count). The number of amides is 1. The molecule has 0 spiro atoms. The van der Waals surface area contributed by atoms with E-state index in [2.05, 4.69) is 5.32 Å². The van der Waals surface area contributed by atoms with Crippen molar-refractivity contribution >= 4 is 11.9 Å². The highest BCUT2D eigenvalue weighted by atomic mass is 19.1. The second-order valence-corrected chi connectivity index (χ2v) is 5.53. The largest absolute Gasteiger partial charge is 0.481 e. The smallest absolute Gasteiger partial charge is 0.306 e. The maximum Gasteiger partial charge on any atom is 0.306 e. The molecule has 1 aliphatic carbocycles. The summed E-state index contributed by atoms with van der Waals surface area (Å²) in [5.41, 5.74) is 0.574. The number of halogens is 1. The molecule has 1 aromatic carbocycles. The number of nitrogens with one attached hydrogen (secondary N) is 1. The standard InChI is InChI=1S/C16H20FNO3/c17-14-7-2-1-4-11(14)8-9-18-15(19)12-5-3-6-13(10-12)16(20)21/h1-2,4,7,12-13H,3,5-6,8-10H2,(H,18,19)(H,20,21). The molecular formula is C16H20FNO3. The Morgan fingerprint density at radius 1 is 1.24 bits per heavy atom. The van der Waals surface area contributed by atoms with Crippen LogP contribution in [0.5, 0.6) is 0 Å². The minimum atomic E-state index is -0.821. The van der Waals surface area contributed by atoms with Gasteiger partial charge in [-0.05, 0) is 37.3 Å². The van der Waals surface area contributed by atoms with Crippen molar-refractivity contribution in [3.8, 4) is 0 Å². The van der Waals surface area contributed by atoms with E-state index in [1.54, 1.807) is 18.2 Å². The SMILES string of the molecule is O=C(O)C1CCCC(C(=O)NCCc2ccccc2F)C1. The first-order valence-electron chi connectivity index (χ1n) is 7.32. The lowest BCUT2D eigenvalue weighted by atomic mass is 9.81. The molecule has 0 aliphatic heterocycles. The van der Waals surface area contributed by atoms with Crippen molar-refractivity contribution < 1.29 is 19.1 Å². The van der Waals surface area contributed by atoms with Crippen LogP contribution in [0.3, 0.4) is 0 Å². The van der Waals surface area contributed by atoms with Gasteiger partial charge in [0.25, 0.3) is 0 Å². The molecule has 4 nitrogen and oxygen atoms in total. The number of carboxylic acids is 1. The van der Waals surface area contributed by atoms with E-state index in [0.717, 1.165) is 12.8 Å². The number of rotatable bonds is 5. The highest BCUT2D eigenvalue weighted by Gasteiger charge is 2.30. The first-order valence-corrected chi connectivity index (χ1v) is 7.32. The van der Waals surface area contributed by atoms with E-state index in [1.807, 2.05) is 0 Å². The molecule has 0 saturated heterocycles. The van der Waals surface area contributed by atoms with Crippen LogP contribution in [0.1, 0.15) is 31.2 Å². The summed E-state index contributed by atoms with van der Waals surface area (Å²) in [5.74, 6) is -1.85. The van der Waals surface area contributed by atoms with Crippen molar-refractivity contribution in [1.29, 1.82) is 0 Å². The topological polar surface area (TPSA) is 66.4 Å². The zero-order valence-corrected chi connectivity index (χ0v) is 11.8. The van der Waals surface area contributed by atoms with Gasteiger partial charge in [-0.3, -0.25) is 9.59 Å². The van der Waals surface area contributed by atoms with E-state index < -0.39 is 11.9 Å². The Hall–Kier alpha value is -1.91. The van der Waals surface area contributed by atoms with Gasteiger partial charge in [0, 0.05) is 12.5 Å². The Morgan fingerprint density at radius 3 is 2.67 bits per heavy atom. The summed E-state index contributed by atoms with van der Waals surface area (Å²) in [6.45, 7) is 0.369. The monoisotopic (exact) mass is 293 g/mol. The van der Waals surface area contributed by atoms with Gasteiger partial charge >= 0.3 is 5.97 Å². The molecule has 1 amide bonds. The summed E-state index contributed by atoms with van der Waals surface area (Å²) in [6.07, 6.45) is 2.99. The Morgan fingerprint density at radius 2 is 1.95 bits per heavy atom. The highest BCUT2D eigenvalue weighted by molar-refractivity contribution is 5.80. The normalized spacial score (nSPS) is 21.8. The lowest BCUT2D eigenvalue weighted by Gasteiger charge is -2.25. The molecule has 2 unspecified atom stereocenters. The van der Waals surface area contributed by atoms with E-state index in [4.69, 9.17) is 5.11 Å². The minimum absolute atomic E-state index is 0.114. The zero-order valence-electron chi connectivity index (χ0n) is 11.8. The second kappa shape index (κ2) is 7.20. The second-order valence-electron chi connectivity index (χ2n) is 5.53. The molecule has 0 bridgehead atoms. The van der Waals surface area contributed by atoms with Crippen LogP contribution in [0.2, 0.25) is 0 Å². The van der Waals surface area contributed by atoms with Crippen LogP contribution in [-0.2, 0) is 16.0 Å². The van der Waals surface area contributed by atoms with E-state index in [1.165, 1.54) is 6.07 Å². The summed E-state index contributed by atoms with van der Waals surface area (Å²) in [6, 6.07) is 6.49. The van der Waals surface area contributed by atoms with Gasteiger partial charge in [0.2, 0.25) is 5.91 Å². The molecule has 2 N–H and O–H groups in total. The van der Waals surface area contributed by atoms with Gasteiger partial charge in [-0.2, -0.15) is 0 Å². The third-order valence-corrected chi connectivity index (χ3v) is 4.05. The van der Waals surface area contributed by atoms with E-state index in [9.17, 15) is 14.0 Å². The van der Waals surface area contributed by atoms with Gasteiger partial charge in [-0.25, -0.2) is 4.39 Å². The highest BCUT2D eigenvalue weighted by Crippen LogP contribution is 2.29. The Kier molecular flexibility index (Phi) is 5.31. The predicted molar refractivity (Wildman–Crippen MR) is 76.2 cm³/mol. The Balaban J connectivity index is 1.79. The number of aliphatic carboxylic acids is 1. The van der Waals surface area contributed by atoms with Crippen LogP contribution in [0.4, 0.5) is 4.39 Å². The fourth-order valence-electron chi connectivity index (χ4n) is 2.82. The van der Waals surface area contributed by atoms with Crippen molar-refractivity contribution in [2.45, 2.75) is 32.1 Å². The van der Waals surface area contributed by atoms with Gasteiger partial charge in [-0.1, -0.05) is 24.6 Å². The van der Waals surface area contributed by atoms with Gasteiger partial charge in [-0.15, -0.1) is 0 Å². The zero-order chi connectivity index (χ0) is 15.2. The fourth-order valence-corrected chi connectivity index (χ4v) is 2.82. The summed E-state index contributed by atoms with van der Waals surface area (Å²) >= 11 is 0. The van der Waals surface area contributed by atoms with Gasteiger partial charge in [0.15, 0.2) is 0 Å². The molecule has 2 atom stereocenters. The number of hydrogen-bond acceptors (Lipinski definition) is 2. The van der Waals surface area contributed by atoms with Crippen LogP contribution in [-0.4, -0.2) is 23.5 Å². The summed E-state index contributed by atoms with van der Waals surface area (Å²) in [5, 5.41) is 11.8. The average Bonchev–Trinajstić information content (AvgIpc) is 2.49. The molecule has 1 saturated carbocycles. The Labute approximate surface area is 123 Å². The Bertz CT molecular complexity index is 518. The molecule has 5 heteroatoms. The van der Waals surface area contributed by atoms with Gasteiger partial charge in [0.1, 0.15) is 5.82 Å². The predicted octanol–water partition coefficient (Wildman–Crippen LogP) is 2.38. The molecule has 114 valence electrons. The fraction of sp³-hybridized carbons (Fsp3) is 0.500. The maximum atomic E-state index is 13.4. The minimum Gasteiger partial charge on any atom is -0.481 e. The van der Waals surface area contributed by atoms with Crippen molar-refractivity contribution in [2.75, 3.05) is 6.54 Å². The van der Waals surface area contributed by atoms with Crippen LogP contribution >= 0.6 is 0 Å². The van der Waals surface area contributed by atoms with Gasteiger partial charge in [0.05, 0.1) is 5.92 Å². The van der Waals surface area contributed by atoms with E-state index in [0.29, 0.717) is 31.4 Å². The number of hydrogen-bond donors (Lipinski definition) is 2. The van der Waals surface area contributed by atoms with Crippen molar-refractivity contribution in [1.82, 2.24) is 5.32 Å².